The molecule has 2 aromatic rings. The van der Waals surface area contributed by atoms with Crippen LogP contribution in [0.3, 0.4) is 0 Å². The molecule has 0 spiro atoms. The first-order valence-corrected chi connectivity index (χ1v) is 7.80. The first kappa shape index (κ1) is 16.0. The van der Waals surface area contributed by atoms with Crippen molar-refractivity contribution in [3.63, 3.8) is 0 Å². The monoisotopic (exact) mass is 370 g/mol. The smallest absolute Gasteiger partial charge is 0.311 e. The molecule has 0 bridgehead atoms. The molecule has 0 saturated carbocycles. The van der Waals surface area contributed by atoms with Gasteiger partial charge in [-0.15, -0.1) is 0 Å². The van der Waals surface area contributed by atoms with Gasteiger partial charge in [0.15, 0.2) is 0 Å². The largest absolute Gasteiger partial charge is 0.481 e. The third-order valence-corrected chi connectivity index (χ3v) is 4.64. The minimum Gasteiger partial charge on any atom is -0.481 e. The molecule has 1 aromatic carbocycles. The topological polar surface area (TPSA) is 55.1 Å². The Morgan fingerprint density at radius 2 is 2.14 bits per heavy atom. The van der Waals surface area contributed by atoms with Crippen LogP contribution in [-0.2, 0) is 24.7 Å². The minimum absolute atomic E-state index is 0.306. The number of benzene rings is 1. The van der Waals surface area contributed by atoms with Gasteiger partial charge in [-0.05, 0) is 18.1 Å². The molecule has 6 heteroatoms. The Kier molecular flexibility index (Phi) is 5.06. The maximum absolute atomic E-state index is 11.7. The van der Waals surface area contributed by atoms with Gasteiger partial charge in [-0.3, -0.25) is 9.48 Å². The summed E-state index contributed by atoms with van der Waals surface area (Å²) < 4.78 is 2.46. The predicted octanol–water partition coefficient (Wildman–Crippen LogP) is 3.81. The zero-order valence-electron chi connectivity index (χ0n) is 11.8. The zero-order chi connectivity index (χ0) is 15.6. The van der Waals surface area contributed by atoms with E-state index in [4.69, 9.17) is 11.6 Å². The van der Waals surface area contributed by atoms with Crippen molar-refractivity contribution in [3.05, 3.63) is 50.7 Å². The van der Waals surface area contributed by atoms with Gasteiger partial charge in [-0.25, -0.2) is 0 Å². The number of aryl methyl sites for hydroxylation is 2. The molecule has 0 radical (unpaired) electrons. The lowest BCUT2D eigenvalue weighted by Gasteiger charge is -2.15. The second-order valence-electron chi connectivity index (χ2n) is 4.80. The number of carbonyl (C=O) groups is 1. The minimum atomic E-state index is -0.878. The number of aliphatic carboxylic acids is 1. The number of carboxylic acid groups (broad SMARTS) is 1. The highest BCUT2D eigenvalue weighted by Gasteiger charge is 2.26. The fourth-order valence-corrected chi connectivity index (χ4v) is 3.25. The third-order valence-electron chi connectivity index (χ3n) is 3.48. The SMILES string of the molecule is CCc1nn(C)c(CC(C(=O)O)c2ccccc2Br)c1Cl. The lowest BCUT2D eigenvalue weighted by molar-refractivity contribution is -0.138. The van der Waals surface area contributed by atoms with Crippen molar-refractivity contribution in [2.24, 2.45) is 7.05 Å². The Balaban J connectivity index is 2.41. The molecule has 0 amide bonds. The van der Waals surface area contributed by atoms with E-state index in [1.807, 2.05) is 31.2 Å². The number of carboxylic acids is 1. The Labute approximate surface area is 136 Å². The summed E-state index contributed by atoms with van der Waals surface area (Å²) in [5.74, 6) is -1.55. The first-order chi connectivity index (χ1) is 9.95. The Bertz CT molecular complexity index is 670. The second kappa shape index (κ2) is 6.62. The molecule has 0 fully saturated rings. The first-order valence-electron chi connectivity index (χ1n) is 6.63. The molecule has 0 aliphatic heterocycles. The van der Waals surface area contributed by atoms with Crippen LogP contribution in [0.4, 0.5) is 0 Å². The molecule has 1 unspecified atom stereocenters. The third kappa shape index (κ3) is 3.30. The molecule has 0 saturated heterocycles. The van der Waals surface area contributed by atoms with Gasteiger partial charge in [0, 0.05) is 17.9 Å². The molecule has 1 N–H and O–H groups in total. The van der Waals surface area contributed by atoms with E-state index in [2.05, 4.69) is 21.0 Å². The highest BCUT2D eigenvalue weighted by atomic mass is 79.9. The van der Waals surface area contributed by atoms with Gasteiger partial charge < -0.3 is 5.11 Å². The molecular formula is C15H16BrClN2O2. The molecule has 0 aliphatic carbocycles. The normalized spacial score (nSPS) is 12.4. The fourth-order valence-electron chi connectivity index (χ4n) is 2.32. The van der Waals surface area contributed by atoms with Crippen LogP contribution in [0.2, 0.25) is 5.02 Å². The Morgan fingerprint density at radius 1 is 1.48 bits per heavy atom. The van der Waals surface area contributed by atoms with Crippen LogP contribution in [0, 0.1) is 0 Å². The van der Waals surface area contributed by atoms with Gasteiger partial charge in [0.25, 0.3) is 0 Å². The van der Waals surface area contributed by atoms with Gasteiger partial charge in [-0.1, -0.05) is 52.7 Å². The van der Waals surface area contributed by atoms with Crippen molar-refractivity contribution >= 4 is 33.5 Å². The van der Waals surface area contributed by atoms with Gasteiger partial charge in [-0.2, -0.15) is 5.10 Å². The number of halogens is 2. The highest BCUT2D eigenvalue weighted by Crippen LogP contribution is 2.31. The number of rotatable bonds is 5. The highest BCUT2D eigenvalue weighted by molar-refractivity contribution is 9.10. The number of aromatic nitrogens is 2. The summed E-state index contributed by atoms with van der Waals surface area (Å²) in [6.07, 6.45) is 1.03. The van der Waals surface area contributed by atoms with Crippen LogP contribution in [0.5, 0.6) is 0 Å². The maximum Gasteiger partial charge on any atom is 0.311 e. The van der Waals surface area contributed by atoms with Crippen LogP contribution in [0.25, 0.3) is 0 Å². The van der Waals surface area contributed by atoms with E-state index in [-0.39, 0.29) is 0 Å². The fraction of sp³-hybridized carbons (Fsp3) is 0.333. The molecule has 112 valence electrons. The standard InChI is InChI=1S/C15H16BrClN2O2/c1-3-12-14(17)13(19(2)18-12)8-10(15(20)21)9-6-4-5-7-11(9)16/h4-7,10H,3,8H2,1-2H3,(H,20,21). The number of hydrogen-bond acceptors (Lipinski definition) is 2. The van der Waals surface area contributed by atoms with E-state index < -0.39 is 11.9 Å². The molecule has 21 heavy (non-hydrogen) atoms. The lowest BCUT2D eigenvalue weighted by Crippen LogP contribution is -2.17. The second-order valence-corrected chi connectivity index (χ2v) is 6.03. The predicted molar refractivity (Wildman–Crippen MR) is 85.8 cm³/mol. The molecule has 2 rings (SSSR count). The van der Waals surface area contributed by atoms with Gasteiger partial charge in [0.2, 0.25) is 0 Å². The molecule has 1 heterocycles. The summed E-state index contributed by atoms with van der Waals surface area (Å²) in [4.78, 5) is 11.7. The van der Waals surface area contributed by atoms with E-state index in [1.54, 1.807) is 11.7 Å². The van der Waals surface area contributed by atoms with Crippen LogP contribution in [-0.4, -0.2) is 20.9 Å². The average molecular weight is 372 g/mol. The summed E-state index contributed by atoms with van der Waals surface area (Å²) in [7, 11) is 1.79. The summed E-state index contributed by atoms with van der Waals surface area (Å²) in [5, 5.41) is 14.5. The maximum atomic E-state index is 11.7. The molecule has 1 atom stereocenters. The van der Waals surface area contributed by atoms with E-state index in [0.29, 0.717) is 11.4 Å². The van der Waals surface area contributed by atoms with Crippen LogP contribution < -0.4 is 0 Å². The average Bonchev–Trinajstić information content (AvgIpc) is 2.72. The summed E-state index contributed by atoms with van der Waals surface area (Å²) in [5.41, 5.74) is 2.28. The van der Waals surface area contributed by atoms with Gasteiger partial charge >= 0.3 is 5.97 Å². The van der Waals surface area contributed by atoms with Crippen LogP contribution >= 0.6 is 27.5 Å². The van der Waals surface area contributed by atoms with Crippen molar-refractivity contribution in [2.75, 3.05) is 0 Å². The summed E-state index contributed by atoms with van der Waals surface area (Å²) in [6, 6.07) is 7.35. The lowest BCUT2D eigenvalue weighted by atomic mass is 9.94. The molecule has 4 nitrogen and oxygen atoms in total. The quantitative estimate of drug-likeness (QED) is 0.869. The van der Waals surface area contributed by atoms with E-state index in [0.717, 1.165) is 27.8 Å². The zero-order valence-corrected chi connectivity index (χ0v) is 14.1. The molecule has 1 aromatic heterocycles. The number of nitrogens with zero attached hydrogens (tertiary/aromatic N) is 2. The van der Waals surface area contributed by atoms with Crippen molar-refractivity contribution in [1.82, 2.24) is 9.78 Å². The summed E-state index contributed by atoms with van der Waals surface area (Å²) in [6.45, 7) is 1.97. The molecular weight excluding hydrogens is 356 g/mol. The van der Waals surface area contributed by atoms with Gasteiger partial charge in [0.1, 0.15) is 0 Å². The van der Waals surface area contributed by atoms with Crippen molar-refractivity contribution in [3.8, 4) is 0 Å². The number of hydrogen-bond donors (Lipinski definition) is 1. The van der Waals surface area contributed by atoms with E-state index in [9.17, 15) is 9.90 Å². The van der Waals surface area contributed by atoms with Crippen LogP contribution in [0.1, 0.15) is 29.8 Å². The Hall–Kier alpha value is -1.33. The van der Waals surface area contributed by atoms with Crippen LogP contribution in [0.15, 0.2) is 28.7 Å². The van der Waals surface area contributed by atoms with Crippen molar-refractivity contribution < 1.29 is 9.90 Å². The van der Waals surface area contributed by atoms with Crippen molar-refractivity contribution in [2.45, 2.75) is 25.7 Å². The van der Waals surface area contributed by atoms with Gasteiger partial charge in [0.05, 0.1) is 22.3 Å². The van der Waals surface area contributed by atoms with Crippen molar-refractivity contribution in [1.29, 1.82) is 0 Å². The van der Waals surface area contributed by atoms with E-state index in [1.165, 1.54) is 0 Å². The molecule has 0 aliphatic rings. The van der Waals surface area contributed by atoms with E-state index >= 15 is 0 Å². The summed E-state index contributed by atoms with van der Waals surface area (Å²) >= 11 is 9.73. The Morgan fingerprint density at radius 3 is 2.67 bits per heavy atom.